The largest absolute Gasteiger partial charge is 0.493 e. The van der Waals surface area contributed by atoms with E-state index in [1.165, 1.54) is 22.9 Å². The number of hydrogen-bond donors (Lipinski definition) is 1. The van der Waals surface area contributed by atoms with E-state index in [0.717, 1.165) is 0 Å². The van der Waals surface area contributed by atoms with Crippen molar-refractivity contribution in [2.24, 2.45) is 7.05 Å². The van der Waals surface area contributed by atoms with Crippen LogP contribution in [-0.4, -0.2) is 21.5 Å². The van der Waals surface area contributed by atoms with E-state index in [4.69, 9.17) is 4.74 Å². The van der Waals surface area contributed by atoms with E-state index < -0.39 is 0 Å². The van der Waals surface area contributed by atoms with Crippen molar-refractivity contribution in [2.75, 3.05) is 6.61 Å². The molecule has 2 rings (SSSR count). The van der Waals surface area contributed by atoms with Gasteiger partial charge in [0.1, 0.15) is 11.6 Å². The molecule has 0 aliphatic carbocycles. The van der Waals surface area contributed by atoms with Gasteiger partial charge in [-0.3, -0.25) is 0 Å². The molecule has 17 heavy (non-hydrogen) atoms. The minimum atomic E-state index is -0.364. The van der Waals surface area contributed by atoms with Crippen LogP contribution in [0, 0.1) is 5.82 Å². The first kappa shape index (κ1) is 11.4. The molecule has 0 atom stereocenters. The van der Waals surface area contributed by atoms with Gasteiger partial charge in [0.25, 0.3) is 0 Å². The molecule has 5 heteroatoms. The second kappa shape index (κ2) is 4.45. The molecule has 0 saturated carbocycles. The Balaban J connectivity index is 2.50. The number of aromatic nitrogens is 2. The van der Waals surface area contributed by atoms with Crippen molar-refractivity contribution in [3.05, 3.63) is 30.1 Å². The van der Waals surface area contributed by atoms with Gasteiger partial charge in [0.2, 0.25) is 5.88 Å². The summed E-state index contributed by atoms with van der Waals surface area (Å²) in [6.45, 7) is 2.26. The van der Waals surface area contributed by atoms with Crippen LogP contribution in [0.1, 0.15) is 6.92 Å². The normalized spacial score (nSPS) is 10.5. The lowest BCUT2D eigenvalue weighted by atomic mass is 10.1. The third-order valence-corrected chi connectivity index (χ3v) is 2.37. The standard InChI is InChI=1S/C12H13FN2O2/c1-3-17-11-6-8(13)4-5-9(11)10-7-12(16)15(2)14-10/h4-7,16H,3H2,1-2H3. The third-order valence-electron chi connectivity index (χ3n) is 2.37. The van der Waals surface area contributed by atoms with Crippen LogP contribution in [0.2, 0.25) is 0 Å². The van der Waals surface area contributed by atoms with E-state index >= 15 is 0 Å². The molecule has 1 heterocycles. The number of ether oxygens (including phenoxy) is 1. The van der Waals surface area contributed by atoms with E-state index in [0.29, 0.717) is 23.6 Å². The third kappa shape index (κ3) is 2.22. The Labute approximate surface area is 98.3 Å². The fourth-order valence-electron chi connectivity index (χ4n) is 1.57. The fourth-order valence-corrected chi connectivity index (χ4v) is 1.57. The molecule has 0 amide bonds. The molecule has 1 aromatic heterocycles. The molecule has 1 aromatic carbocycles. The molecular weight excluding hydrogens is 223 g/mol. The predicted molar refractivity (Wildman–Crippen MR) is 61.4 cm³/mol. The highest BCUT2D eigenvalue weighted by Crippen LogP contribution is 2.31. The summed E-state index contributed by atoms with van der Waals surface area (Å²) in [5.74, 6) is 0.106. The highest BCUT2D eigenvalue weighted by Gasteiger charge is 2.12. The van der Waals surface area contributed by atoms with Gasteiger partial charge in [-0.1, -0.05) is 0 Å². The first-order valence-electron chi connectivity index (χ1n) is 5.27. The first-order valence-corrected chi connectivity index (χ1v) is 5.27. The zero-order valence-electron chi connectivity index (χ0n) is 9.64. The highest BCUT2D eigenvalue weighted by atomic mass is 19.1. The average molecular weight is 236 g/mol. The molecule has 0 bridgehead atoms. The van der Waals surface area contributed by atoms with Crippen LogP contribution in [0.5, 0.6) is 11.6 Å². The van der Waals surface area contributed by atoms with Gasteiger partial charge in [0.05, 0.1) is 12.3 Å². The van der Waals surface area contributed by atoms with E-state index in [1.54, 1.807) is 13.1 Å². The number of benzene rings is 1. The lowest BCUT2D eigenvalue weighted by Gasteiger charge is -2.07. The van der Waals surface area contributed by atoms with Gasteiger partial charge in [-0.05, 0) is 19.1 Å². The minimum Gasteiger partial charge on any atom is -0.493 e. The van der Waals surface area contributed by atoms with Crippen molar-refractivity contribution < 1.29 is 14.2 Å². The van der Waals surface area contributed by atoms with Crippen molar-refractivity contribution >= 4 is 0 Å². The summed E-state index contributed by atoms with van der Waals surface area (Å²) in [5.41, 5.74) is 1.21. The molecule has 0 fully saturated rings. The van der Waals surface area contributed by atoms with Crippen LogP contribution in [-0.2, 0) is 7.05 Å². The Bertz CT molecular complexity index is 518. The van der Waals surface area contributed by atoms with Gasteiger partial charge in [-0.2, -0.15) is 5.10 Å². The van der Waals surface area contributed by atoms with Crippen LogP contribution in [0.15, 0.2) is 24.3 Å². The van der Waals surface area contributed by atoms with Gasteiger partial charge in [-0.15, -0.1) is 0 Å². The minimum absolute atomic E-state index is 0.0479. The van der Waals surface area contributed by atoms with Crippen molar-refractivity contribution in [1.29, 1.82) is 0 Å². The van der Waals surface area contributed by atoms with E-state index in [1.807, 2.05) is 6.92 Å². The second-order valence-corrected chi connectivity index (χ2v) is 3.58. The number of aromatic hydroxyl groups is 1. The fraction of sp³-hybridized carbons (Fsp3) is 0.250. The van der Waals surface area contributed by atoms with Gasteiger partial charge >= 0.3 is 0 Å². The second-order valence-electron chi connectivity index (χ2n) is 3.58. The van der Waals surface area contributed by atoms with Crippen molar-refractivity contribution in [3.63, 3.8) is 0 Å². The molecule has 1 N–H and O–H groups in total. The molecular formula is C12H13FN2O2. The number of aryl methyl sites for hydroxylation is 1. The molecule has 0 unspecified atom stereocenters. The van der Waals surface area contributed by atoms with Crippen molar-refractivity contribution in [3.8, 4) is 22.9 Å². The van der Waals surface area contributed by atoms with Gasteiger partial charge < -0.3 is 9.84 Å². The average Bonchev–Trinajstić information content (AvgIpc) is 2.60. The molecule has 0 radical (unpaired) electrons. The number of rotatable bonds is 3. The Morgan fingerprint density at radius 2 is 2.18 bits per heavy atom. The first-order chi connectivity index (χ1) is 8.11. The Kier molecular flexibility index (Phi) is 2.99. The van der Waals surface area contributed by atoms with Crippen LogP contribution < -0.4 is 4.74 Å². The summed E-state index contributed by atoms with van der Waals surface area (Å²) in [6, 6.07) is 5.74. The maximum atomic E-state index is 13.1. The van der Waals surface area contributed by atoms with E-state index in [2.05, 4.69) is 5.10 Å². The summed E-state index contributed by atoms with van der Waals surface area (Å²) in [6.07, 6.45) is 0. The Morgan fingerprint density at radius 3 is 2.76 bits per heavy atom. The van der Waals surface area contributed by atoms with Gasteiger partial charge in [0, 0.05) is 24.7 Å². The Hall–Kier alpha value is -2.04. The molecule has 0 aliphatic rings. The van der Waals surface area contributed by atoms with E-state index in [-0.39, 0.29) is 11.7 Å². The summed E-state index contributed by atoms with van der Waals surface area (Å²) >= 11 is 0. The van der Waals surface area contributed by atoms with Crippen LogP contribution in [0.3, 0.4) is 0 Å². The topological polar surface area (TPSA) is 47.3 Å². The molecule has 90 valence electrons. The van der Waals surface area contributed by atoms with Crippen LogP contribution in [0.25, 0.3) is 11.3 Å². The van der Waals surface area contributed by atoms with Gasteiger partial charge in [0.15, 0.2) is 0 Å². The van der Waals surface area contributed by atoms with Crippen LogP contribution >= 0.6 is 0 Å². The molecule has 0 aliphatic heterocycles. The quantitative estimate of drug-likeness (QED) is 0.889. The number of nitrogens with zero attached hydrogens (tertiary/aromatic N) is 2. The zero-order valence-corrected chi connectivity index (χ0v) is 9.64. The molecule has 0 spiro atoms. The summed E-state index contributed by atoms with van der Waals surface area (Å²) < 4.78 is 19.8. The number of halogens is 1. The van der Waals surface area contributed by atoms with Crippen LogP contribution in [0.4, 0.5) is 4.39 Å². The van der Waals surface area contributed by atoms with E-state index in [9.17, 15) is 9.50 Å². The number of hydrogen-bond acceptors (Lipinski definition) is 3. The lowest BCUT2D eigenvalue weighted by molar-refractivity contribution is 0.339. The van der Waals surface area contributed by atoms with Crippen molar-refractivity contribution in [2.45, 2.75) is 6.92 Å². The molecule has 4 nitrogen and oxygen atoms in total. The maximum absolute atomic E-state index is 13.1. The summed E-state index contributed by atoms with van der Waals surface area (Å²) in [4.78, 5) is 0. The zero-order chi connectivity index (χ0) is 12.4. The smallest absolute Gasteiger partial charge is 0.209 e. The van der Waals surface area contributed by atoms with Gasteiger partial charge in [-0.25, -0.2) is 9.07 Å². The SMILES string of the molecule is CCOc1cc(F)ccc1-c1cc(O)n(C)n1. The molecule has 2 aromatic rings. The van der Waals surface area contributed by atoms with Crippen molar-refractivity contribution in [1.82, 2.24) is 9.78 Å². The highest BCUT2D eigenvalue weighted by molar-refractivity contribution is 5.67. The Morgan fingerprint density at radius 1 is 1.41 bits per heavy atom. The summed E-state index contributed by atoms with van der Waals surface area (Å²) in [7, 11) is 1.63. The molecule has 0 saturated heterocycles. The predicted octanol–water partition coefficient (Wildman–Crippen LogP) is 2.33. The summed E-state index contributed by atoms with van der Waals surface area (Å²) in [5, 5.41) is 13.6. The monoisotopic (exact) mass is 236 g/mol. The maximum Gasteiger partial charge on any atom is 0.209 e. The lowest BCUT2D eigenvalue weighted by Crippen LogP contribution is -1.96.